The van der Waals surface area contributed by atoms with Gasteiger partial charge in [0.2, 0.25) is 0 Å². The number of nitrogens with zero attached hydrogens (tertiary/aromatic N) is 3. The number of carbonyl (C=O) groups excluding carboxylic acids is 2. The first kappa shape index (κ1) is 19.2. The van der Waals surface area contributed by atoms with Crippen molar-refractivity contribution in [2.45, 2.75) is 20.0 Å². The average Bonchev–Trinajstić information content (AvgIpc) is 3.10. The van der Waals surface area contributed by atoms with Crippen molar-refractivity contribution in [2.75, 3.05) is 5.32 Å². The molecular formula is C20H16N4O3S. The lowest BCUT2D eigenvalue weighted by Gasteiger charge is -2.13. The van der Waals surface area contributed by atoms with Crippen molar-refractivity contribution in [2.24, 2.45) is 0 Å². The fraction of sp³-hybridized carbons (Fsp3) is 0.150. The van der Waals surface area contributed by atoms with Crippen molar-refractivity contribution in [3.63, 3.8) is 0 Å². The van der Waals surface area contributed by atoms with Gasteiger partial charge in [-0.2, -0.15) is 5.26 Å². The largest absolute Gasteiger partial charge is 0.448 e. The molecule has 2 heterocycles. The topological polar surface area (TPSA) is 105 Å². The van der Waals surface area contributed by atoms with E-state index in [2.05, 4.69) is 15.3 Å². The summed E-state index contributed by atoms with van der Waals surface area (Å²) in [5.74, 6) is -1.16. The summed E-state index contributed by atoms with van der Waals surface area (Å²) >= 11 is 1.16. The molecule has 1 atom stereocenters. The van der Waals surface area contributed by atoms with Crippen molar-refractivity contribution in [3.05, 3.63) is 64.8 Å². The molecule has 0 saturated heterocycles. The molecule has 0 aliphatic rings. The lowest BCUT2D eigenvalue weighted by molar-refractivity contribution is -0.123. The maximum Gasteiger partial charge on any atom is 0.351 e. The molecule has 7 nitrogen and oxygen atoms in total. The van der Waals surface area contributed by atoms with Crippen LogP contribution >= 0.6 is 11.3 Å². The minimum Gasteiger partial charge on any atom is -0.448 e. The summed E-state index contributed by atoms with van der Waals surface area (Å²) in [5.41, 5.74) is 1.86. The summed E-state index contributed by atoms with van der Waals surface area (Å²) in [7, 11) is 0. The number of amides is 1. The van der Waals surface area contributed by atoms with Gasteiger partial charge in [0, 0.05) is 6.20 Å². The Balaban J connectivity index is 1.70. The monoisotopic (exact) mass is 392 g/mol. The Labute approximate surface area is 165 Å². The van der Waals surface area contributed by atoms with Crippen molar-refractivity contribution >= 4 is 28.9 Å². The van der Waals surface area contributed by atoms with Crippen molar-refractivity contribution in [3.8, 4) is 16.8 Å². The lowest BCUT2D eigenvalue weighted by atomic mass is 10.2. The number of esters is 1. The van der Waals surface area contributed by atoms with E-state index >= 15 is 0 Å². The average molecular weight is 392 g/mol. The van der Waals surface area contributed by atoms with Crippen LogP contribution in [0.4, 0.5) is 5.69 Å². The Morgan fingerprint density at radius 2 is 1.96 bits per heavy atom. The van der Waals surface area contributed by atoms with E-state index < -0.39 is 18.0 Å². The van der Waals surface area contributed by atoms with Gasteiger partial charge < -0.3 is 10.1 Å². The predicted molar refractivity (Wildman–Crippen MR) is 105 cm³/mol. The predicted octanol–water partition coefficient (Wildman–Crippen LogP) is 3.57. The normalized spacial score (nSPS) is 11.3. The zero-order valence-corrected chi connectivity index (χ0v) is 16.0. The van der Waals surface area contributed by atoms with Gasteiger partial charge in [-0.3, -0.25) is 9.78 Å². The number of aryl methyl sites for hydroxylation is 1. The molecule has 0 aliphatic carbocycles. The van der Waals surface area contributed by atoms with Crippen LogP contribution in [0, 0.1) is 18.3 Å². The summed E-state index contributed by atoms with van der Waals surface area (Å²) in [6, 6.07) is 14.0. The Bertz CT molecular complexity index is 1060. The van der Waals surface area contributed by atoms with E-state index in [0.29, 0.717) is 32.5 Å². The molecule has 1 aromatic carbocycles. The molecule has 0 bridgehead atoms. The number of ether oxygens (including phenoxy) is 1. The second-order valence-corrected chi connectivity index (χ2v) is 6.84. The summed E-state index contributed by atoms with van der Waals surface area (Å²) in [6.07, 6.45) is 0.606. The van der Waals surface area contributed by atoms with Crippen LogP contribution in [0.25, 0.3) is 10.7 Å². The highest BCUT2D eigenvalue weighted by atomic mass is 32.1. The Kier molecular flexibility index (Phi) is 5.77. The van der Waals surface area contributed by atoms with E-state index in [9.17, 15) is 9.59 Å². The van der Waals surface area contributed by atoms with Crippen LogP contribution in [0.2, 0.25) is 0 Å². The molecular weight excluding hydrogens is 376 g/mol. The number of para-hydroxylation sites is 1. The molecule has 28 heavy (non-hydrogen) atoms. The third kappa shape index (κ3) is 4.22. The molecule has 0 saturated carbocycles. The van der Waals surface area contributed by atoms with E-state index in [1.165, 1.54) is 6.92 Å². The number of hydrogen-bond acceptors (Lipinski definition) is 7. The van der Waals surface area contributed by atoms with Gasteiger partial charge in [0.15, 0.2) is 6.10 Å². The zero-order valence-electron chi connectivity index (χ0n) is 15.2. The first-order chi connectivity index (χ1) is 13.5. The maximum atomic E-state index is 12.5. The number of rotatable bonds is 5. The summed E-state index contributed by atoms with van der Waals surface area (Å²) in [4.78, 5) is 33.7. The SMILES string of the molecule is Cc1nc(-c2ccccn2)sc1C(=O)O[C@H](C)C(=O)Nc1ccccc1C#N. The second-order valence-electron chi connectivity index (χ2n) is 5.84. The fourth-order valence-corrected chi connectivity index (χ4v) is 3.30. The number of nitrogens with one attached hydrogen (secondary N) is 1. The maximum absolute atomic E-state index is 12.5. The molecule has 0 aliphatic heterocycles. The van der Waals surface area contributed by atoms with Gasteiger partial charge in [-0.1, -0.05) is 18.2 Å². The Hall–Kier alpha value is -3.57. The molecule has 8 heteroatoms. The molecule has 140 valence electrons. The number of nitriles is 1. The number of hydrogen-bond donors (Lipinski definition) is 1. The third-order valence-corrected chi connectivity index (χ3v) is 4.98. The first-order valence-electron chi connectivity index (χ1n) is 8.39. The number of anilines is 1. The number of carbonyl (C=O) groups is 2. The molecule has 0 radical (unpaired) electrons. The fourth-order valence-electron chi connectivity index (χ4n) is 2.38. The smallest absolute Gasteiger partial charge is 0.351 e. The van der Waals surface area contributed by atoms with E-state index in [1.54, 1.807) is 49.5 Å². The van der Waals surface area contributed by atoms with E-state index in [-0.39, 0.29) is 0 Å². The highest BCUT2D eigenvalue weighted by molar-refractivity contribution is 7.17. The number of pyridine rings is 1. The van der Waals surface area contributed by atoms with Gasteiger partial charge in [-0.25, -0.2) is 9.78 Å². The molecule has 1 N–H and O–H groups in total. The number of benzene rings is 1. The van der Waals surface area contributed by atoms with E-state index in [1.807, 2.05) is 12.1 Å². The molecule has 1 amide bonds. The van der Waals surface area contributed by atoms with Gasteiger partial charge in [0.25, 0.3) is 5.91 Å². The van der Waals surface area contributed by atoms with Gasteiger partial charge >= 0.3 is 5.97 Å². The van der Waals surface area contributed by atoms with E-state index in [4.69, 9.17) is 10.00 Å². The van der Waals surface area contributed by atoms with E-state index in [0.717, 1.165) is 11.3 Å². The summed E-state index contributed by atoms with van der Waals surface area (Å²) in [6.45, 7) is 3.17. The van der Waals surface area contributed by atoms with Crippen molar-refractivity contribution < 1.29 is 14.3 Å². The molecule has 2 aromatic heterocycles. The van der Waals surface area contributed by atoms with Gasteiger partial charge in [-0.15, -0.1) is 11.3 Å². The van der Waals surface area contributed by atoms with Gasteiger partial charge in [0.1, 0.15) is 16.0 Å². The van der Waals surface area contributed by atoms with Gasteiger partial charge in [0.05, 0.1) is 22.6 Å². The zero-order chi connectivity index (χ0) is 20.1. The minimum absolute atomic E-state index is 0.317. The molecule has 3 aromatic rings. The van der Waals surface area contributed by atoms with Crippen LogP contribution in [-0.4, -0.2) is 27.9 Å². The standard InChI is InChI=1S/C20H16N4O3S/c1-12-17(28-19(23-12)16-9-5-6-10-22-16)20(26)27-13(2)18(25)24-15-8-4-3-7-14(15)11-21/h3-10,13H,1-2H3,(H,24,25)/t13-/m1/s1. The number of thiazole rings is 1. The second kappa shape index (κ2) is 8.41. The van der Waals surface area contributed by atoms with Crippen LogP contribution in [0.5, 0.6) is 0 Å². The first-order valence-corrected chi connectivity index (χ1v) is 9.21. The third-order valence-electron chi connectivity index (χ3n) is 3.82. The highest BCUT2D eigenvalue weighted by Crippen LogP contribution is 2.27. The van der Waals surface area contributed by atoms with Crippen molar-refractivity contribution in [1.82, 2.24) is 9.97 Å². The van der Waals surface area contributed by atoms with Crippen LogP contribution < -0.4 is 5.32 Å². The molecule has 0 spiro atoms. The Morgan fingerprint density at radius 3 is 2.68 bits per heavy atom. The highest BCUT2D eigenvalue weighted by Gasteiger charge is 2.23. The van der Waals surface area contributed by atoms with Crippen LogP contribution in [-0.2, 0) is 9.53 Å². The summed E-state index contributed by atoms with van der Waals surface area (Å²) in [5, 5.41) is 12.3. The van der Waals surface area contributed by atoms with Crippen molar-refractivity contribution in [1.29, 1.82) is 5.26 Å². The lowest BCUT2D eigenvalue weighted by Crippen LogP contribution is -2.30. The summed E-state index contributed by atoms with van der Waals surface area (Å²) < 4.78 is 5.29. The molecule has 0 fully saturated rings. The Morgan fingerprint density at radius 1 is 1.21 bits per heavy atom. The van der Waals surface area contributed by atoms with Gasteiger partial charge in [-0.05, 0) is 38.1 Å². The molecule has 3 rings (SSSR count). The quantitative estimate of drug-likeness (QED) is 0.666. The van der Waals surface area contributed by atoms with Crippen LogP contribution in [0.1, 0.15) is 27.9 Å². The number of aromatic nitrogens is 2. The minimum atomic E-state index is -1.04. The molecule has 0 unspecified atom stereocenters. The van der Waals surface area contributed by atoms with Crippen LogP contribution in [0.3, 0.4) is 0 Å². The van der Waals surface area contributed by atoms with Crippen LogP contribution in [0.15, 0.2) is 48.7 Å².